The number of aromatic nitrogens is 1. The molecule has 0 aliphatic carbocycles. The van der Waals surface area contributed by atoms with Gasteiger partial charge in [0, 0.05) is 36.9 Å². The lowest BCUT2D eigenvalue weighted by atomic mass is 10.1. The molecule has 4 heteroatoms. The zero-order chi connectivity index (χ0) is 12.9. The number of pyridine rings is 1. The molecule has 96 valence electrons. The van der Waals surface area contributed by atoms with Crippen molar-refractivity contribution in [3.63, 3.8) is 0 Å². The Kier molecular flexibility index (Phi) is 5.02. The van der Waals surface area contributed by atoms with Crippen LogP contribution >= 0.6 is 0 Å². The maximum absolute atomic E-state index is 13.4. The Morgan fingerprint density at radius 2 is 2.12 bits per heavy atom. The lowest BCUT2D eigenvalue weighted by molar-refractivity contribution is 0.299. The third kappa shape index (κ3) is 5.75. The smallest absolute Gasteiger partial charge is 0.145 e. The molecule has 0 aliphatic heterocycles. The zero-order valence-electron chi connectivity index (χ0n) is 11.1. The Balaban J connectivity index is 2.35. The van der Waals surface area contributed by atoms with Crippen molar-refractivity contribution in [2.75, 3.05) is 20.1 Å². The topological polar surface area (TPSA) is 28.2 Å². The standard InChI is InChI=1S/C13H22FN3/c1-13(2,3)16-7-8-17(4)10-11-5-6-15-9-12(11)14/h5-6,9,16H,7-8,10H2,1-4H3. The van der Waals surface area contributed by atoms with Gasteiger partial charge in [-0.3, -0.25) is 4.98 Å². The highest BCUT2D eigenvalue weighted by Crippen LogP contribution is 2.07. The molecule has 1 aromatic heterocycles. The SMILES string of the molecule is CN(CCNC(C)(C)C)Cc1ccncc1F. The molecular formula is C13H22FN3. The lowest BCUT2D eigenvalue weighted by Crippen LogP contribution is -2.40. The van der Waals surface area contributed by atoms with Gasteiger partial charge in [-0.2, -0.15) is 0 Å². The van der Waals surface area contributed by atoms with E-state index in [1.165, 1.54) is 6.20 Å². The molecule has 17 heavy (non-hydrogen) atoms. The van der Waals surface area contributed by atoms with Crippen molar-refractivity contribution < 1.29 is 4.39 Å². The fraction of sp³-hybridized carbons (Fsp3) is 0.615. The van der Waals surface area contributed by atoms with E-state index >= 15 is 0 Å². The van der Waals surface area contributed by atoms with Crippen molar-refractivity contribution in [2.45, 2.75) is 32.9 Å². The van der Waals surface area contributed by atoms with Crippen LogP contribution in [-0.2, 0) is 6.54 Å². The summed E-state index contributed by atoms with van der Waals surface area (Å²) < 4.78 is 13.4. The number of halogens is 1. The van der Waals surface area contributed by atoms with E-state index < -0.39 is 0 Å². The molecule has 0 atom stereocenters. The Morgan fingerprint density at radius 1 is 1.41 bits per heavy atom. The second kappa shape index (κ2) is 6.07. The van der Waals surface area contributed by atoms with Gasteiger partial charge in [-0.05, 0) is 33.9 Å². The van der Waals surface area contributed by atoms with Crippen molar-refractivity contribution in [1.82, 2.24) is 15.2 Å². The number of nitrogens with one attached hydrogen (secondary N) is 1. The van der Waals surface area contributed by atoms with Crippen molar-refractivity contribution in [1.29, 1.82) is 0 Å². The van der Waals surface area contributed by atoms with Gasteiger partial charge in [0.2, 0.25) is 0 Å². The van der Waals surface area contributed by atoms with E-state index in [4.69, 9.17) is 0 Å². The first kappa shape index (κ1) is 14.1. The number of rotatable bonds is 5. The lowest BCUT2D eigenvalue weighted by Gasteiger charge is -2.23. The van der Waals surface area contributed by atoms with E-state index in [2.05, 4.69) is 36.0 Å². The first-order valence-electron chi connectivity index (χ1n) is 5.90. The van der Waals surface area contributed by atoms with Crippen LogP contribution in [0.5, 0.6) is 0 Å². The fourth-order valence-electron chi connectivity index (χ4n) is 1.52. The Hall–Kier alpha value is -1.00. The van der Waals surface area contributed by atoms with E-state index in [1.807, 2.05) is 7.05 Å². The van der Waals surface area contributed by atoms with Crippen LogP contribution in [0.15, 0.2) is 18.5 Å². The van der Waals surface area contributed by atoms with E-state index in [0.29, 0.717) is 12.1 Å². The molecule has 0 spiro atoms. The molecule has 1 rings (SSSR count). The molecule has 0 aliphatic rings. The molecule has 1 heterocycles. The van der Waals surface area contributed by atoms with Gasteiger partial charge in [0.15, 0.2) is 0 Å². The summed E-state index contributed by atoms with van der Waals surface area (Å²) in [5, 5.41) is 3.41. The van der Waals surface area contributed by atoms with E-state index in [1.54, 1.807) is 12.3 Å². The quantitative estimate of drug-likeness (QED) is 0.852. The predicted octanol–water partition coefficient (Wildman–Crippen LogP) is 2.04. The third-order valence-electron chi connectivity index (χ3n) is 2.45. The number of nitrogens with zero attached hydrogens (tertiary/aromatic N) is 2. The third-order valence-corrected chi connectivity index (χ3v) is 2.45. The summed E-state index contributed by atoms with van der Waals surface area (Å²) in [5.74, 6) is -0.233. The molecule has 3 nitrogen and oxygen atoms in total. The Morgan fingerprint density at radius 3 is 2.71 bits per heavy atom. The second-order valence-electron chi connectivity index (χ2n) is 5.38. The minimum Gasteiger partial charge on any atom is -0.311 e. The van der Waals surface area contributed by atoms with Crippen LogP contribution in [0.3, 0.4) is 0 Å². The van der Waals surface area contributed by atoms with Crippen molar-refractivity contribution in [2.24, 2.45) is 0 Å². The number of hydrogen-bond donors (Lipinski definition) is 1. The molecule has 0 bridgehead atoms. The number of likely N-dealkylation sites (N-methyl/N-ethyl adjacent to an activating group) is 1. The molecule has 0 saturated heterocycles. The molecule has 0 radical (unpaired) electrons. The Bertz CT molecular complexity index is 347. The van der Waals surface area contributed by atoms with Crippen LogP contribution in [0.2, 0.25) is 0 Å². The van der Waals surface area contributed by atoms with Crippen LogP contribution < -0.4 is 5.32 Å². The molecule has 0 amide bonds. The van der Waals surface area contributed by atoms with E-state index in [9.17, 15) is 4.39 Å². The maximum Gasteiger partial charge on any atom is 0.145 e. The van der Waals surface area contributed by atoms with Crippen LogP contribution in [0, 0.1) is 5.82 Å². The van der Waals surface area contributed by atoms with Crippen LogP contribution in [0.1, 0.15) is 26.3 Å². The fourth-order valence-corrected chi connectivity index (χ4v) is 1.52. The zero-order valence-corrected chi connectivity index (χ0v) is 11.1. The summed E-state index contributed by atoms with van der Waals surface area (Å²) in [6, 6.07) is 1.73. The van der Waals surface area contributed by atoms with Gasteiger partial charge < -0.3 is 10.2 Å². The molecule has 1 aromatic rings. The maximum atomic E-state index is 13.4. The summed E-state index contributed by atoms with van der Waals surface area (Å²) in [6.07, 6.45) is 2.89. The molecule has 0 saturated carbocycles. The van der Waals surface area contributed by atoms with Crippen molar-refractivity contribution >= 4 is 0 Å². The number of hydrogen-bond acceptors (Lipinski definition) is 3. The van der Waals surface area contributed by atoms with E-state index in [0.717, 1.165) is 13.1 Å². The van der Waals surface area contributed by atoms with Gasteiger partial charge in [-0.15, -0.1) is 0 Å². The van der Waals surface area contributed by atoms with Crippen LogP contribution in [0.4, 0.5) is 4.39 Å². The average molecular weight is 239 g/mol. The van der Waals surface area contributed by atoms with Crippen molar-refractivity contribution in [3.8, 4) is 0 Å². The molecular weight excluding hydrogens is 217 g/mol. The van der Waals surface area contributed by atoms with E-state index in [-0.39, 0.29) is 11.4 Å². The van der Waals surface area contributed by atoms with Gasteiger partial charge in [-0.1, -0.05) is 0 Å². The van der Waals surface area contributed by atoms with Gasteiger partial charge in [0.1, 0.15) is 5.82 Å². The minimum atomic E-state index is -0.233. The summed E-state index contributed by atoms with van der Waals surface area (Å²) in [5.41, 5.74) is 0.821. The van der Waals surface area contributed by atoms with Crippen LogP contribution in [0.25, 0.3) is 0 Å². The highest BCUT2D eigenvalue weighted by Gasteiger charge is 2.09. The van der Waals surface area contributed by atoms with Crippen molar-refractivity contribution in [3.05, 3.63) is 29.8 Å². The minimum absolute atomic E-state index is 0.128. The molecule has 0 fully saturated rings. The second-order valence-corrected chi connectivity index (χ2v) is 5.38. The van der Waals surface area contributed by atoms with Gasteiger partial charge in [0.25, 0.3) is 0 Å². The highest BCUT2D eigenvalue weighted by atomic mass is 19.1. The first-order valence-corrected chi connectivity index (χ1v) is 5.90. The predicted molar refractivity (Wildman–Crippen MR) is 68.3 cm³/mol. The van der Waals surface area contributed by atoms with Gasteiger partial charge in [0.05, 0.1) is 6.20 Å². The largest absolute Gasteiger partial charge is 0.311 e. The van der Waals surface area contributed by atoms with Gasteiger partial charge in [-0.25, -0.2) is 4.39 Å². The molecule has 1 N–H and O–H groups in total. The molecule has 0 unspecified atom stereocenters. The highest BCUT2D eigenvalue weighted by molar-refractivity contribution is 5.12. The summed E-state index contributed by atoms with van der Waals surface area (Å²) in [6.45, 7) is 8.80. The van der Waals surface area contributed by atoms with Crippen LogP contribution in [-0.4, -0.2) is 35.6 Å². The average Bonchev–Trinajstić information content (AvgIpc) is 2.19. The summed E-state index contributed by atoms with van der Waals surface area (Å²) >= 11 is 0. The summed E-state index contributed by atoms with van der Waals surface area (Å²) in [4.78, 5) is 5.84. The Labute approximate surface area is 103 Å². The first-order chi connectivity index (χ1) is 7.88. The monoisotopic (exact) mass is 239 g/mol. The molecule has 0 aromatic carbocycles. The normalized spacial score (nSPS) is 12.1. The van der Waals surface area contributed by atoms with Gasteiger partial charge >= 0.3 is 0 Å². The summed E-state index contributed by atoms with van der Waals surface area (Å²) in [7, 11) is 1.99.